The van der Waals surface area contributed by atoms with Gasteiger partial charge in [0.25, 0.3) is 0 Å². The second kappa shape index (κ2) is 6.52. The van der Waals surface area contributed by atoms with Crippen molar-refractivity contribution in [1.82, 2.24) is 0 Å². The second-order valence-electron chi connectivity index (χ2n) is 4.74. The summed E-state index contributed by atoms with van der Waals surface area (Å²) in [7, 11) is 0. The molecule has 1 nitrogen and oxygen atoms in total. The fourth-order valence-electron chi connectivity index (χ4n) is 1.72. The molecular weight excluding hydrogens is 296 g/mol. The maximum absolute atomic E-state index is 13.9. The largest absolute Gasteiger partial charge is 0.485 e. The van der Waals surface area contributed by atoms with Crippen LogP contribution in [0.5, 0.6) is 5.75 Å². The third-order valence-electron chi connectivity index (χ3n) is 2.68. The molecule has 0 spiro atoms. The standard InChI is InChI=1S/C17H12F4O/c1-10(2)22-17-15(20)13(18)12(14(19)16(17)21)9-8-11-6-4-3-5-7-11/h3-7,10H,1-2H3. The Kier molecular flexibility index (Phi) is 4.71. The summed E-state index contributed by atoms with van der Waals surface area (Å²) in [4.78, 5) is 0. The molecule has 0 radical (unpaired) electrons. The van der Waals surface area contributed by atoms with Gasteiger partial charge in [0.05, 0.1) is 6.10 Å². The molecule has 0 saturated carbocycles. The van der Waals surface area contributed by atoms with Crippen LogP contribution in [0.4, 0.5) is 17.6 Å². The van der Waals surface area contributed by atoms with Crippen molar-refractivity contribution in [2.75, 3.05) is 0 Å². The highest BCUT2D eigenvalue weighted by atomic mass is 19.2. The Hall–Kier alpha value is -2.48. The topological polar surface area (TPSA) is 9.23 Å². The molecule has 114 valence electrons. The van der Waals surface area contributed by atoms with Crippen LogP contribution >= 0.6 is 0 Å². The first-order valence-electron chi connectivity index (χ1n) is 6.51. The van der Waals surface area contributed by atoms with Gasteiger partial charge in [-0.1, -0.05) is 30.0 Å². The van der Waals surface area contributed by atoms with Crippen LogP contribution in [0.1, 0.15) is 25.0 Å². The van der Waals surface area contributed by atoms with E-state index in [2.05, 4.69) is 11.8 Å². The van der Waals surface area contributed by atoms with Crippen molar-refractivity contribution < 1.29 is 22.3 Å². The first kappa shape index (κ1) is 15.9. The van der Waals surface area contributed by atoms with Crippen molar-refractivity contribution in [3.63, 3.8) is 0 Å². The number of rotatable bonds is 2. The van der Waals surface area contributed by atoms with Crippen molar-refractivity contribution in [3.05, 3.63) is 64.7 Å². The van der Waals surface area contributed by atoms with Crippen LogP contribution < -0.4 is 4.74 Å². The monoisotopic (exact) mass is 308 g/mol. The summed E-state index contributed by atoms with van der Waals surface area (Å²) in [5.74, 6) is -2.82. The molecule has 0 saturated heterocycles. The Labute approximate surface area is 125 Å². The highest BCUT2D eigenvalue weighted by molar-refractivity contribution is 5.47. The van der Waals surface area contributed by atoms with E-state index in [-0.39, 0.29) is 0 Å². The average Bonchev–Trinajstić information content (AvgIpc) is 2.50. The molecule has 0 aromatic heterocycles. The van der Waals surface area contributed by atoms with E-state index in [0.29, 0.717) is 5.56 Å². The lowest BCUT2D eigenvalue weighted by molar-refractivity contribution is 0.212. The van der Waals surface area contributed by atoms with Crippen molar-refractivity contribution in [2.24, 2.45) is 0 Å². The maximum atomic E-state index is 13.9. The first-order chi connectivity index (χ1) is 10.4. The molecule has 2 rings (SSSR count). The molecule has 0 aliphatic heterocycles. The Morgan fingerprint density at radius 2 is 1.36 bits per heavy atom. The maximum Gasteiger partial charge on any atom is 0.205 e. The van der Waals surface area contributed by atoms with Crippen LogP contribution in [0.2, 0.25) is 0 Å². The zero-order valence-corrected chi connectivity index (χ0v) is 11.9. The van der Waals surface area contributed by atoms with Gasteiger partial charge in [0.2, 0.25) is 11.6 Å². The molecule has 0 amide bonds. The van der Waals surface area contributed by atoms with Crippen molar-refractivity contribution >= 4 is 0 Å². The van der Waals surface area contributed by atoms with Crippen molar-refractivity contribution in [1.29, 1.82) is 0 Å². The first-order valence-corrected chi connectivity index (χ1v) is 6.51. The zero-order valence-electron chi connectivity index (χ0n) is 11.9. The van der Waals surface area contributed by atoms with Crippen LogP contribution in [0.3, 0.4) is 0 Å². The van der Waals surface area contributed by atoms with Gasteiger partial charge >= 0.3 is 0 Å². The van der Waals surface area contributed by atoms with Crippen molar-refractivity contribution in [2.45, 2.75) is 20.0 Å². The van der Waals surface area contributed by atoms with Gasteiger partial charge in [-0.3, -0.25) is 0 Å². The van der Waals surface area contributed by atoms with Gasteiger partial charge in [-0.25, -0.2) is 8.78 Å². The van der Waals surface area contributed by atoms with Gasteiger partial charge in [-0.15, -0.1) is 0 Å². The minimum atomic E-state index is -1.59. The minimum absolute atomic E-state index is 0.463. The fraction of sp³-hybridized carbons (Fsp3) is 0.176. The highest BCUT2D eigenvalue weighted by Gasteiger charge is 2.26. The van der Waals surface area contributed by atoms with E-state index in [1.54, 1.807) is 30.3 Å². The normalized spacial score (nSPS) is 10.3. The lowest BCUT2D eigenvalue weighted by Crippen LogP contribution is -2.12. The number of benzene rings is 2. The van der Waals surface area contributed by atoms with Crippen LogP contribution in [0, 0.1) is 35.1 Å². The van der Waals surface area contributed by atoms with Gasteiger partial charge in [-0.05, 0) is 26.0 Å². The smallest absolute Gasteiger partial charge is 0.205 e. The fourth-order valence-corrected chi connectivity index (χ4v) is 1.72. The van der Waals surface area contributed by atoms with E-state index in [4.69, 9.17) is 4.74 Å². The third kappa shape index (κ3) is 3.22. The number of hydrogen-bond acceptors (Lipinski definition) is 1. The van der Waals surface area contributed by atoms with Crippen LogP contribution in [-0.4, -0.2) is 6.10 Å². The summed E-state index contributed by atoms with van der Waals surface area (Å²) in [6, 6.07) is 8.30. The Morgan fingerprint density at radius 1 is 0.818 bits per heavy atom. The molecular formula is C17H12F4O. The van der Waals surface area contributed by atoms with Gasteiger partial charge in [-0.2, -0.15) is 8.78 Å². The molecule has 22 heavy (non-hydrogen) atoms. The van der Waals surface area contributed by atoms with Crippen LogP contribution in [0.25, 0.3) is 0 Å². The molecule has 0 heterocycles. The lowest BCUT2D eigenvalue weighted by atomic mass is 10.1. The molecule has 0 unspecified atom stereocenters. The summed E-state index contributed by atoms with van der Waals surface area (Å²) in [5, 5.41) is 0. The predicted molar refractivity (Wildman–Crippen MR) is 74.5 cm³/mol. The van der Waals surface area contributed by atoms with Crippen LogP contribution in [-0.2, 0) is 0 Å². The summed E-state index contributed by atoms with van der Waals surface area (Å²) in [6.45, 7) is 2.97. The molecule has 0 aliphatic rings. The molecule has 5 heteroatoms. The molecule has 0 atom stereocenters. The van der Waals surface area contributed by atoms with Gasteiger partial charge in [0.15, 0.2) is 17.4 Å². The average molecular weight is 308 g/mol. The summed E-state index contributed by atoms with van der Waals surface area (Å²) in [6.07, 6.45) is -0.635. The molecule has 0 bridgehead atoms. The van der Waals surface area contributed by atoms with E-state index in [9.17, 15) is 17.6 Å². The molecule has 2 aromatic carbocycles. The van der Waals surface area contributed by atoms with E-state index < -0.39 is 40.7 Å². The molecule has 0 aliphatic carbocycles. The van der Waals surface area contributed by atoms with Gasteiger partial charge in [0.1, 0.15) is 5.56 Å². The second-order valence-corrected chi connectivity index (χ2v) is 4.74. The quantitative estimate of drug-likeness (QED) is 0.453. The summed E-state index contributed by atoms with van der Waals surface area (Å²) >= 11 is 0. The highest BCUT2D eigenvalue weighted by Crippen LogP contribution is 2.30. The zero-order chi connectivity index (χ0) is 16.3. The van der Waals surface area contributed by atoms with Crippen LogP contribution in [0.15, 0.2) is 30.3 Å². The SMILES string of the molecule is CC(C)Oc1c(F)c(F)c(C#Cc2ccccc2)c(F)c1F. The predicted octanol–water partition coefficient (Wildman–Crippen LogP) is 4.43. The van der Waals surface area contributed by atoms with Crippen molar-refractivity contribution in [3.8, 4) is 17.6 Å². The Balaban J connectivity index is 2.53. The summed E-state index contributed by atoms with van der Waals surface area (Å²) in [5.41, 5.74) is -0.500. The molecule has 0 N–H and O–H groups in total. The Bertz CT molecular complexity index is 714. The van der Waals surface area contributed by atoms with Gasteiger partial charge < -0.3 is 4.74 Å². The van der Waals surface area contributed by atoms with E-state index in [1.807, 2.05) is 0 Å². The molecule has 2 aromatic rings. The number of hydrogen-bond donors (Lipinski definition) is 0. The van der Waals surface area contributed by atoms with Gasteiger partial charge in [0, 0.05) is 5.56 Å². The lowest BCUT2D eigenvalue weighted by Gasteiger charge is -2.13. The molecule has 0 fully saturated rings. The Morgan fingerprint density at radius 3 is 1.86 bits per heavy atom. The number of halogens is 4. The number of ether oxygens (including phenoxy) is 1. The summed E-state index contributed by atoms with van der Waals surface area (Å²) < 4.78 is 60.2. The van der Waals surface area contributed by atoms with E-state index in [0.717, 1.165) is 0 Å². The van der Waals surface area contributed by atoms with E-state index >= 15 is 0 Å². The van der Waals surface area contributed by atoms with E-state index in [1.165, 1.54) is 13.8 Å². The minimum Gasteiger partial charge on any atom is -0.485 e. The third-order valence-corrected chi connectivity index (χ3v) is 2.68.